The number of esters is 1. The average Bonchev–Trinajstić information content (AvgIpc) is 3.14. The Kier molecular flexibility index (Phi) is 7.45. The zero-order valence-corrected chi connectivity index (χ0v) is 18.8. The first-order valence-corrected chi connectivity index (χ1v) is 10.6. The third kappa shape index (κ3) is 5.31. The predicted octanol–water partition coefficient (Wildman–Crippen LogP) is 1.92. The van der Waals surface area contributed by atoms with Gasteiger partial charge in [0, 0.05) is 26.3 Å². The van der Waals surface area contributed by atoms with Crippen molar-refractivity contribution in [1.29, 1.82) is 0 Å². The monoisotopic (exact) mass is 450 g/mol. The Morgan fingerprint density at radius 3 is 2.74 bits per heavy atom. The van der Waals surface area contributed by atoms with Crippen LogP contribution in [0.25, 0.3) is 0 Å². The molecule has 0 aromatic carbocycles. The highest BCUT2D eigenvalue weighted by molar-refractivity contribution is 6.30. The van der Waals surface area contributed by atoms with Gasteiger partial charge in [-0.2, -0.15) is 0 Å². The van der Waals surface area contributed by atoms with Gasteiger partial charge in [0.1, 0.15) is 11.6 Å². The van der Waals surface area contributed by atoms with Crippen LogP contribution in [0.2, 0.25) is 5.15 Å². The summed E-state index contributed by atoms with van der Waals surface area (Å²) in [5, 5.41) is 3.29. The molecule has 3 rings (SSSR count). The number of aryl methyl sites for hydroxylation is 2. The van der Waals surface area contributed by atoms with E-state index in [-0.39, 0.29) is 36.2 Å². The molecule has 0 aliphatic carbocycles. The van der Waals surface area contributed by atoms with Crippen molar-refractivity contribution in [1.82, 2.24) is 25.3 Å². The summed E-state index contributed by atoms with van der Waals surface area (Å²) in [6.07, 6.45) is 0.997. The lowest BCUT2D eigenvalue weighted by molar-refractivity contribution is 0.0515. The Morgan fingerprint density at radius 2 is 2.10 bits per heavy atom. The van der Waals surface area contributed by atoms with Gasteiger partial charge in [-0.25, -0.2) is 19.7 Å². The van der Waals surface area contributed by atoms with Gasteiger partial charge in [-0.15, -0.1) is 0 Å². The quantitative estimate of drug-likeness (QED) is 0.613. The Morgan fingerprint density at radius 1 is 1.32 bits per heavy atom. The highest BCUT2D eigenvalue weighted by Gasteiger charge is 2.32. The van der Waals surface area contributed by atoms with Gasteiger partial charge in [0.05, 0.1) is 24.4 Å². The maximum atomic E-state index is 12.6. The van der Waals surface area contributed by atoms with Crippen LogP contribution in [-0.4, -0.2) is 70.8 Å². The van der Waals surface area contributed by atoms with E-state index in [2.05, 4.69) is 25.3 Å². The summed E-state index contributed by atoms with van der Waals surface area (Å²) >= 11 is 6.04. The van der Waals surface area contributed by atoms with Gasteiger partial charge in [-0.1, -0.05) is 18.5 Å². The molecule has 31 heavy (non-hydrogen) atoms. The van der Waals surface area contributed by atoms with Gasteiger partial charge in [0.2, 0.25) is 0 Å². The van der Waals surface area contributed by atoms with Crippen molar-refractivity contribution in [3.8, 4) is 0 Å². The molecular formula is C20H27ClN6O4. The van der Waals surface area contributed by atoms with Crippen LogP contribution in [-0.2, 0) is 15.9 Å². The van der Waals surface area contributed by atoms with Gasteiger partial charge < -0.3 is 24.7 Å². The van der Waals surface area contributed by atoms with Crippen LogP contribution in [0.4, 0.5) is 5.82 Å². The number of imidazole rings is 1. The molecule has 0 unspecified atom stereocenters. The minimum atomic E-state index is -0.483. The van der Waals surface area contributed by atoms with Crippen molar-refractivity contribution in [2.24, 2.45) is 0 Å². The fourth-order valence-corrected chi connectivity index (χ4v) is 3.78. The highest BCUT2D eigenvalue weighted by atomic mass is 35.5. The smallest absolute Gasteiger partial charge is 0.357 e. The minimum Gasteiger partial charge on any atom is -0.461 e. The Hall–Kier alpha value is -2.72. The molecule has 0 radical (unpaired) electrons. The van der Waals surface area contributed by atoms with Crippen molar-refractivity contribution in [2.75, 3.05) is 31.7 Å². The topological polar surface area (TPSA) is 122 Å². The summed E-state index contributed by atoms with van der Waals surface area (Å²) in [7, 11) is 1.60. The first kappa shape index (κ1) is 23.0. The van der Waals surface area contributed by atoms with Crippen LogP contribution in [0.5, 0.6) is 0 Å². The number of aromatic nitrogens is 4. The van der Waals surface area contributed by atoms with E-state index >= 15 is 0 Å². The number of piperidine rings is 1. The fourth-order valence-electron chi connectivity index (χ4n) is 3.52. The predicted molar refractivity (Wildman–Crippen MR) is 115 cm³/mol. The number of halogens is 1. The van der Waals surface area contributed by atoms with Gasteiger partial charge >= 0.3 is 5.97 Å². The van der Waals surface area contributed by atoms with Crippen LogP contribution in [0.3, 0.4) is 0 Å². The standard InChI is InChI=1S/C20H27ClN6O4/c1-5-12-17(21)26-18(24-12)19(28)25-13-7-8-27(10-15(13)30-4)16-9-14(20(29)31-6-2)22-11(3)23-16/h9,13,15H,5-8,10H2,1-4H3,(H,24,26)(H,25,28)/t13-,15+/m0/s1. The molecule has 10 nitrogen and oxygen atoms in total. The first-order valence-electron chi connectivity index (χ1n) is 10.2. The van der Waals surface area contributed by atoms with Crippen LogP contribution >= 0.6 is 11.6 Å². The molecule has 2 aromatic heterocycles. The van der Waals surface area contributed by atoms with E-state index in [1.165, 1.54) is 0 Å². The number of carbonyl (C=O) groups is 2. The van der Waals surface area contributed by atoms with Crippen LogP contribution in [0, 0.1) is 6.92 Å². The molecule has 3 heterocycles. The molecule has 2 aromatic rings. The molecule has 1 aliphatic rings. The molecule has 0 saturated carbocycles. The molecule has 1 saturated heterocycles. The molecule has 0 spiro atoms. The van der Waals surface area contributed by atoms with E-state index in [0.717, 1.165) is 5.69 Å². The summed E-state index contributed by atoms with van der Waals surface area (Å²) < 4.78 is 10.7. The largest absolute Gasteiger partial charge is 0.461 e. The number of H-pyrrole nitrogens is 1. The van der Waals surface area contributed by atoms with E-state index in [9.17, 15) is 9.59 Å². The highest BCUT2D eigenvalue weighted by Crippen LogP contribution is 2.22. The number of hydrogen-bond acceptors (Lipinski definition) is 8. The molecule has 1 amide bonds. The zero-order valence-electron chi connectivity index (χ0n) is 18.1. The number of hydrogen-bond donors (Lipinski definition) is 2. The van der Waals surface area contributed by atoms with Gasteiger partial charge in [0.15, 0.2) is 16.7 Å². The SMILES string of the molecule is CCOC(=O)c1cc(N2CC[C@H](NC(=O)c3nc(Cl)c(CC)[nH]3)[C@H](OC)C2)nc(C)n1. The molecule has 11 heteroatoms. The number of nitrogens with zero attached hydrogens (tertiary/aromatic N) is 4. The number of amides is 1. The van der Waals surface area contributed by atoms with E-state index in [0.29, 0.717) is 42.7 Å². The molecule has 2 N–H and O–H groups in total. The fraction of sp³-hybridized carbons (Fsp3) is 0.550. The van der Waals surface area contributed by atoms with Crippen molar-refractivity contribution in [3.05, 3.63) is 34.3 Å². The maximum Gasteiger partial charge on any atom is 0.357 e. The first-order chi connectivity index (χ1) is 14.9. The number of aromatic amines is 1. The third-order valence-corrected chi connectivity index (χ3v) is 5.42. The summed E-state index contributed by atoms with van der Waals surface area (Å²) in [5.74, 6) is 0.469. The summed E-state index contributed by atoms with van der Waals surface area (Å²) in [6, 6.07) is 1.41. The number of ether oxygens (including phenoxy) is 2. The normalized spacial score (nSPS) is 18.7. The van der Waals surface area contributed by atoms with E-state index in [1.54, 1.807) is 27.0 Å². The molecule has 168 valence electrons. The minimum absolute atomic E-state index is 0.185. The summed E-state index contributed by atoms with van der Waals surface area (Å²) in [4.78, 5) is 42.4. The van der Waals surface area contributed by atoms with E-state index in [1.807, 2.05) is 11.8 Å². The molecule has 1 fully saturated rings. The Labute approximate surface area is 185 Å². The van der Waals surface area contributed by atoms with Crippen LogP contribution in [0.1, 0.15) is 52.9 Å². The number of rotatable bonds is 7. The van der Waals surface area contributed by atoms with Gasteiger partial charge in [0.25, 0.3) is 5.91 Å². The van der Waals surface area contributed by atoms with Crippen molar-refractivity contribution < 1.29 is 19.1 Å². The Balaban J connectivity index is 1.70. The second-order valence-electron chi connectivity index (χ2n) is 7.18. The number of anilines is 1. The zero-order chi connectivity index (χ0) is 22.5. The lowest BCUT2D eigenvalue weighted by atomic mass is 10.0. The number of methoxy groups -OCH3 is 1. The van der Waals surface area contributed by atoms with E-state index < -0.39 is 5.97 Å². The average molecular weight is 451 g/mol. The van der Waals surface area contributed by atoms with Gasteiger partial charge in [-0.3, -0.25) is 4.79 Å². The lowest BCUT2D eigenvalue weighted by Gasteiger charge is -2.38. The Bertz CT molecular complexity index is 950. The summed E-state index contributed by atoms with van der Waals surface area (Å²) in [5.41, 5.74) is 0.941. The second-order valence-corrected chi connectivity index (χ2v) is 7.53. The maximum absolute atomic E-state index is 12.6. The molecular weight excluding hydrogens is 424 g/mol. The number of carbonyl (C=O) groups excluding carboxylic acids is 2. The lowest BCUT2D eigenvalue weighted by Crippen LogP contribution is -2.55. The van der Waals surface area contributed by atoms with Crippen molar-refractivity contribution >= 4 is 29.3 Å². The van der Waals surface area contributed by atoms with E-state index in [4.69, 9.17) is 21.1 Å². The number of nitrogens with one attached hydrogen (secondary N) is 2. The summed E-state index contributed by atoms with van der Waals surface area (Å²) in [6.45, 7) is 6.78. The third-order valence-electron chi connectivity index (χ3n) is 5.11. The van der Waals surface area contributed by atoms with Crippen LogP contribution < -0.4 is 10.2 Å². The second kappa shape index (κ2) is 10.1. The molecule has 2 atom stereocenters. The van der Waals surface area contributed by atoms with Gasteiger partial charge in [-0.05, 0) is 26.7 Å². The van der Waals surface area contributed by atoms with Crippen molar-refractivity contribution in [2.45, 2.75) is 45.8 Å². The van der Waals surface area contributed by atoms with Crippen LogP contribution in [0.15, 0.2) is 6.07 Å². The molecule has 0 bridgehead atoms. The van der Waals surface area contributed by atoms with Crippen molar-refractivity contribution in [3.63, 3.8) is 0 Å². The molecule has 1 aliphatic heterocycles.